The van der Waals surface area contributed by atoms with E-state index in [1.807, 2.05) is 0 Å². The Bertz CT molecular complexity index is 301. The van der Waals surface area contributed by atoms with Crippen molar-refractivity contribution in [1.82, 2.24) is 5.32 Å². The lowest BCUT2D eigenvalue weighted by atomic mass is 10.1. The molecule has 1 heterocycles. The monoisotopic (exact) mass is 219 g/mol. The third kappa shape index (κ3) is 3.62. The Labute approximate surface area is 98.0 Å². The maximum absolute atomic E-state index is 5.85. The van der Waals surface area contributed by atoms with Crippen LogP contribution >= 0.6 is 0 Å². The summed E-state index contributed by atoms with van der Waals surface area (Å²) >= 11 is 0. The van der Waals surface area contributed by atoms with Crippen molar-refractivity contribution >= 4 is 0 Å². The second-order valence-electron chi connectivity index (χ2n) is 4.57. The summed E-state index contributed by atoms with van der Waals surface area (Å²) in [6.45, 7) is 5.13. The average Bonchev–Trinajstić information content (AvgIpc) is 2.33. The van der Waals surface area contributed by atoms with Crippen LogP contribution in [-0.4, -0.2) is 25.8 Å². The second kappa shape index (κ2) is 6.02. The molecule has 2 nitrogen and oxygen atoms in total. The molecular formula is C14H21NO. The molecule has 1 aromatic rings. The Morgan fingerprint density at radius 3 is 2.81 bits per heavy atom. The van der Waals surface area contributed by atoms with Crippen molar-refractivity contribution in [2.45, 2.75) is 32.3 Å². The van der Waals surface area contributed by atoms with E-state index in [1.165, 1.54) is 24.0 Å². The van der Waals surface area contributed by atoms with Crippen molar-refractivity contribution in [2.75, 3.05) is 19.7 Å². The molecule has 1 aliphatic heterocycles. The van der Waals surface area contributed by atoms with E-state index < -0.39 is 0 Å². The van der Waals surface area contributed by atoms with Gasteiger partial charge < -0.3 is 10.1 Å². The van der Waals surface area contributed by atoms with Gasteiger partial charge in [-0.1, -0.05) is 29.8 Å². The van der Waals surface area contributed by atoms with Gasteiger partial charge >= 0.3 is 0 Å². The lowest BCUT2D eigenvalue weighted by Gasteiger charge is -2.23. The van der Waals surface area contributed by atoms with Crippen molar-refractivity contribution in [3.63, 3.8) is 0 Å². The molecule has 1 saturated heterocycles. The fraction of sp³-hybridized carbons (Fsp3) is 0.571. The zero-order chi connectivity index (χ0) is 11.2. The molecule has 0 aromatic heterocycles. The largest absolute Gasteiger partial charge is 0.377 e. The van der Waals surface area contributed by atoms with Gasteiger partial charge in [0.1, 0.15) is 0 Å². The van der Waals surface area contributed by atoms with Crippen molar-refractivity contribution in [3.8, 4) is 0 Å². The topological polar surface area (TPSA) is 21.3 Å². The van der Waals surface area contributed by atoms with Crippen molar-refractivity contribution in [3.05, 3.63) is 35.4 Å². The fourth-order valence-corrected chi connectivity index (χ4v) is 2.06. The maximum atomic E-state index is 5.85. The summed E-state index contributed by atoms with van der Waals surface area (Å²) in [5.74, 6) is 0. The van der Waals surface area contributed by atoms with E-state index in [0.717, 1.165) is 26.1 Å². The highest BCUT2D eigenvalue weighted by Crippen LogP contribution is 2.08. The first-order valence-electron chi connectivity index (χ1n) is 6.22. The first kappa shape index (κ1) is 11.6. The Morgan fingerprint density at radius 1 is 1.31 bits per heavy atom. The second-order valence-corrected chi connectivity index (χ2v) is 4.57. The summed E-state index contributed by atoms with van der Waals surface area (Å²) in [6.07, 6.45) is 3.91. The van der Waals surface area contributed by atoms with Gasteiger partial charge in [-0.05, 0) is 38.3 Å². The first-order valence-corrected chi connectivity index (χ1v) is 6.22. The predicted molar refractivity (Wildman–Crippen MR) is 66.7 cm³/mol. The van der Waals surface area contributed by atoms with Crippen LogP contribution in [0.2, 0.25) is 0 Å². The van der Waals surface area contributed by atoms with Crippen molar-refractivity contribution < 1.29 is 4.74 Å². The van der Waals surface area contributed by atoms with E-state index in [0.29, 0.717) is 6.10 Å². The zero-order valence-electron chi connectivity index (χ0n) is 10.0. The molecule has 1 aliphatic rings. The van der Waals surface area contributed by atoms with E-state index in [9.17, 15) is 0 Å². The minimum atomic E-state index is 0.430. The zero-order valence-corrected chi connectivity index (χ0v) is 10.0. The molecule has 16 heavy (non-hydrogen) atoms. The van der Waals surface area contributed by atoms with E-state index >= 15 is 0 Å². The summed E-state index contributed by atoms with van der Waals surface area (Å²) in [5, 5.41) is 3.37. The molecule has 0 spiro atoms. The van der Waals surface area contributed by atoms with Gasteiger partial charge in [0, 0.05) is 6.54 Å². The van der Waals surface area contributed by atoms with Crippen LogP contribution in [0.5, 0.6) is 0 Å². The highest BCUT2D eigenvalue weighted by atomic mass is 16.5. The van der Waals surface area contributed by atoms with Crippen LogP contribution in [0, 0.1) is 6.92 Å². The molecule has 0 saturated carbocycles. The number of hydrogen-bond donors (Lipinski definition) is 1. The molecule has 88 valence electrons. The molecule has 1 fully saturated rings. The molecular weight excluding hydrogens is 198 g/mol. The van der Waals surface area contributed by atoms with Gasteiger partial charge in [0.15, 0.2) is 0 Å². The lowest BCUT2D eigenvalue weighted by Crippen LogP contribution is -2.35. The first-order chi connectivity index (χ1) is 7.84. The molecule has 0 aliphatic carbocycles. The van der Waals surface area contributed by atoms with Crippen molar-refractivity contribution in [1.29, 1.82) is 0 Å². The molecule has 1 atom stereocenters. The number of rotatable bonds is 4. The third-order valence-corrected chi connectivity index (χ3v) is 3.12. The Kier molecular flexibility index (Phi) is 4.37. The summed E-state index contributed by atoms with van der Waals surface area (Å²) < 4.78 is 5.85. The van der Waals surface area contributed by atoms with Gasteiger partial charge in [-0.15, -0.1) is 0 Å². The van der Waals surface area contributed by atoms with Gasteiger partial charge in [0.05, 0.1) is 12.7 Å². The van der Waals surface area contributed by atoms with Gasteiger partial charge in [-0.3, -0.25) is 0 Å². The van der Waals surface area contributed by atoms with Gasteiger partial charge in [0.25, 0.3) is 0 Å². The third-order valence-electron chi connectivity index (χ3n) is 3.12. The highest BCUT2D eigenvalue weighted by Gasteiger charge is 2.12. The van der Waals surface area contributed by atoms with Gasteiger partial charge in [0.2, 0.25) is 0 Å². The molecule has 1 N–H and O–H groups in total. The number of benzene rings is 1. The van der Waals surface area contributed by atoms with E-state index in [4.69, 9.17) is 4.74 Å². The molecule has 1 aromatic carbocycles. The van der Waals surface area contributed by atoms with E-state index in [2.05, 4.69) is 36.5 Å². The molecule has 2 heteroatoms. The minimum absolute atomic E-state index is 0.430. The summed E-state index contributed by atoms with van der Waals surface area (Å²) in [4.78, 5) is 0. The summed E-state index contributed by atoms with van der Waals surface area (Å²) in [5.41, 5.74) is 2.69. The SMILES string of the molecule is Cc1ccc(CCOC2CCCNC2)cc1. The number of hydrogen-bond acceptors (Lipinski definition) is 2. The average molecular weight is 219 g/mol. The Morgan fingerprint density at radius 2 is 2.12 bits per heavy atom. The van der Waals surface area contributed by atoms with Crippen LogP contribution in [0.4, 0.5) is 0 Å². The predicted octanol–water partition coefficient (Wildman–Crippen LogP) is 2.31. The van der Waals surface area contributed by atoms with Crippen molar-refractivity contribution in [2.24, 2.45) is 0 Å². The molecule has 0 amide bonds. The number of nitrogens with one attached hydrogen (secondary N) is 1. The Balaban J connectivity index is 1.69. The van der Waals surface area contributed by atoms with Crippen LogP contribution < -0.4 is 5.32 Å². The highest BCUT2D eigenvalue weighted by molar-refractivity contribution is 5.21. The number of aryl methyl sites for hydroxylation is 1. The quantitative estimate of drug-likeness (QED) is 0.839. The smallest absolute Gasteiger partial charge is 0.0700 e. The standard InChI is InChI=1S/C14H21NO/c1-12-4-6-13(7-5-12)8-10-16-14-3-2-9-15-11-14/h4-7,14-15H,2-3,8-11H2,1H3. The van der Waals surface area contributed by atoms with Crippen LogP contribution in [0.15, 0.2) is 24.3 Å². The van der Waals surface area contributed by atoms with Gasteiger partial charge in [-0.2, -0.15) is 0 Å². The maximum Gasteiger partial charge on any atom is 0.0700 e. The van der Waals surface area contributed by atoms with Crippen LogP contribution in [0.1, 0.15) is 24.0 Å². The molecule has 0 bridgehead atoms. The van der Waals surface area contributed by atoms with Crippen LogP contribution in [-0.2, 0) is 11.2 Å². The minimum Gasteiger partial charge on any atom is -0.377 e. The fourth-order valence-electron chi connectivity index (χ4n) is 2.06. The lowest BCUT2D eigenvalue weighted by molar-refractivity contribution is 0.0390. The van der Waals surface area contributed by atoms with Crippen LogP contribution in [0.25, 0.3) is 0 Å². The molecule has 1 unspecified atom stereocenters. The van der Waals surface area contributed by atoms with E-state index in [1.54, 1.807) is 0 Å². The number of ether oxygens (including phenoxy) is 1. The molecule has 2 rings (SSSR count). The van der Waals surface area contributed by atoms with Crippen LogP contribution in [0.3, 0.4) is 0 Å². The Hall–Kier alpha value is -0.860. The van der Waals surface area contributed by atoms with E-state index in [-0.39, 0.29) is 0 Å². The normalized spacial score (nSPS) is 20.9. The summed E-state index contributed by atoms with van der Waals surface area (Å²) in [6, 6.07) is 8.71. The van der Waals surface area contributed by atoms with Gasteiger partial charge in [-0.25, -0.2) is 0 Å². The number of piperidine rings is 1. The molecule has 0 radical (unpaired) electrons. The summed E-state index contributed by atoms with van der Waals surface area (Å²) in [7, 11) is 0.